The highest BCUT2D eigenvalue weighted by Gasteiger charge is 2.61. The fourth-order valence-electron chi connectivity index (χ4n) is 8.33. The Labute approximate surface area is 182 Å². The van der Waals surface area contributed by atoms with Crippen molar-refractivity contribution in [1.29, 1.82) is 0 Å². The quantitative estimate of drug-likeness (QED) is 0.324. The van der Waals surface area contributed by atoms with E-state index in [0.717, 1.165) is 23.7 Å². The van der Waals surface area contributed by atoms with Crippen LogP contribution < -0.4 is 0 Å². The topological polar surface area (TPSA) is 9.23 Å². The van der Waals surface area contributed by atoms with Crippen molar-refractivity contribution in [3.05, 3.63) is 11.6 Å². The zero-order chi connectivity index (χ0) is 21.2. The molecule has 0 N–H and O–H groups in total. The zero-order valence-electron chi connectivity index (χ0n) is 20.7. The van der Waals surface area contributed by atoms with Gasteiger partial charge in [0.15, 0.2) is 8.32 Å². The number of rotatable bonds is 2. The van der Waals surface area contributed by atoms with Crippen LogP contribution in [0.2, 0.25) is 18.1 Å². The van der Waals surface area contributed by atoms with E-state index in [1.54, 1.807) is 5.57 Å². The Hall–Kier alpha value is -0.0831. The van der Waals surface area contributed by atoms with E-state index in [2.05, 4.69) is 60.7 Å². The van der Waals surface area contributed by atoms with Crippen LogP contribution in [0.1, 0.15) is 99.3 Å². The third kappa shape index (κ3) is 3.25. The van der Waals surface area contributed by atoms with Gasteiger partial charge in [0.1, 0.15) is 0 Å². The largest absolute Gasteiger partial charge is 0.413 e. The van der Waals surface area contributed by atoms with Crippen LogP contribution in [0.15, 0.2) is 11.6 Å². The summed E-state index contributed by atoms with van der Waals surface area (Å²) in [6.07, 6.45) is 15.8. The van der Waals surface area contributed by atoms with Crippen molar-refractivity contribution in [2.75, 3.05) is 0 Å². The van der Waals surface area contributed by atoms with Gasteiger partial charge in [0.25, 0.3) is 0 Å². The highest BCUT2D eigenvalue weighted by molar-refractivity contribution is 6.74. The number of hydrogen-bond acceptors (Lipinski definition) is 1. The summed E-state index contributed by atoms with van der Waals surface area (Å²) < 4.78 is 7.27. The van der Waals surface area contributed by atoms with E-state index < -0.39 is 8.32 Å². The maximum atomic E-state index is 7.27. The molecule has 1 nitrogen and oxygen atoms in total. The van der Waals surface area contributed by atoms with Crippen molar-refractivity contribution < 1.29 is 4.43 Å². The third-order valence-corrected chi connectivity index (χ3v) is 15.6. The first-order valence-electron chi connectivity index (χ1n) is 12.8. The van der Waals surface area contributed by atoms with Crippen molar-refractivity contribution in [2.45, 2.75) is 124 Å². The van der Waals surface area contributed by atoms with Crippen molar-refractivity contribution in [2.24, 2.45) is 34.5 Å². The molecule has 29 heavy (non-hydrogen) atoms. The van der Waals surface area contributed by atoms with Gasteiger partial charge in [-0.15, -0.1) is 0 Å². The minimum Gasteiger partial charge on any atom is -0.413 e. The van der Waals surface area contributed by atoms with E-state index in [0.29, 0.717) is 22.0 Å². The molecule has 0 amide bonds. The van der Waals surface area contributed by atoms with Crippen LogP contribution in [0.4, 0.5) is 0 Å². The lowest BCUT2D eigenvalue weighted by atomic mass is 9.44. The Morgan fingerprint density at radius 1 is 0.966 bits per heavy atom. The van der Waals surface area contributed by atoms with Crippen LogP contribution in [0.5, 0.6) is 0 Å². The minimum absolute atomic E-state index is 0.307. The summed E-state index contributed by atoms with van der Waals surface area (Å²) in [6, 6.07) is 0. The molecule has 0 aromatic heterocycles. The molecule has 4 rings (SSSR count). The molecule has 0 aromatic rings. The van der Waals surface area contributed by atoms with Gasteiger partial charge in [-0.1, -0.05) is 52.7 Å². The second-order valence-corrected chi connectivity index (χ2v) is 17.9. The minimum atomic E-state index is -1.74. The van der Waals surface area contributed by atoms with Crippen LogP contribution in [-0.2, 0) is 4.43 Å². The summed E-state index contributed by atoms with van der Waals surface area (Å²) in [5.74, 6) is 3.67. The summed E-state index contributed by atoms with van der Waals surface area (Å²) >= 11 is 0. The number of fused-ring (bicyclic) bond motifs is 5. The van der Waals surface area contributed by atoms with Crippen LogP contribution >= 0.6 is 0 Å². The molecule has 4 aliphatic rings. The van der Waals surface area contributed by atoms with Gasteiger partial charge in [-0.25, -0.2) is 0 Å². The predicted octanol–water partition coefficient (Wildman–Crippen LogP) is 8.37. The Kier molecular flexibility index (Phi) is 5.51. The second kappa shape index (κ2) is 7.22. The molecule has 0 heterocycles. The first-order valence-corrected chi connectivity index (χ1v) is 15.7. The molecule has 7 atom stereocenters. The smallest absolute Gasteiger partial charge is 0.192 e. The Balaban J connectivity index is 1.65. The number of hydrogen-bond donors (Lipinski definition) is 0. The van der Waals surface area contributed by atoms with Gasteiger partial charge in [0, 0.05) is 0 Å². The lowest BCUT2D eigenvalue weighted by molar-refractivity contribution is -0.151. The fraction of sp³-hybridized carbons (Fsp3) is 0.926. The summed E-state index contributed by atoms with van der Waals surface area (Å²) in [5.41, 5.74) is 2.70. The molecule has 0 radical (unpaired) electrons. The second-order valence-electron chi connectivity index (χ2n) is 13.1. The van der Waals surface area contributed by atoms with Crippen molar-refractivity contribution in [1.82, 2.24) is 0 Å². The molecule has 4 aliphatic carbocycles. The number of allylic oxidation sites excluding steroid dienone is 2. The predicted molar refractivity (Wildman–Crippen MR) is 128 cm³/mol. The Morgan fingerprint density at radius 2 is 1.69 bits per heavy atom. The van der Waals surface area contributed by atoms with Crippen LogP contribution in [0.25, 0.3) is 0 Å². The first-order chi connectivity index (χ1) is 13.4. The maximum Gasteiger partial charge on any atom is 0.192 e. The summed E-state index contributed by atoms with van der Waals surface area (Å²) in [5, 5.41) is 0.307. The van der Waals surface area contributed by atoms with Crippen LogP contribution in [0.3, 0.4) is 0 Å². The first kappa shape index (κ1) is 22.1. The average molecular weight is 417 g/mol. The zero-order valence-corrected chi connectivity index (χ0v) is 21.7. The third-order valence-electron chi connectivity index (χ3n) is 11.1. The molecular formula is C27H48OSi. The monoisotopic (exact) mass is 416 g/mol. The van der Waals surface area contributed by atoms with Crippen molar-refractivity contribution in [3.63, 3.8) is 0 Å². The molecule has 2 heteroatoms. The van der Waals surface area contributed by atoms with Crippen molar-refractivity contribution >= 4 is 8.32 Å². The summed E-state index contributed by atoms with van der Waals surface area (Å²) in [4.78, 5) is 0. The molecule has 4 fully saturated rings. The summed E-state index contributed by atoms with van der Waals surface area (Å²) in [7, 11) is -1.74. The lowest BCUT2D eigenvalue weighted by Gasteiger charge is -2.63. The standard InChI is InChI=1S/C27H48OSi/c1-9-19-14-16-22-21-15-13-20-11-10-12-24(28-29(7,8)25(2,3)4)27(20,6)23(21)17-18-26(19,22)5/h9,20-24H,10-18H2,1-8H3/b19-9+/t20-,21+,22+,23+,24?,26-,27+/m1/s1. The molecule has 0 aromatic carbocycles. The molecule has 4 saturated carbocycles. The molecular weight excluding hydrogens is 368 g/mol. The lowest BCUT2D eigenvalue weighted by Crippen LogP contribution is -2.60. The van der Waals surface area contributed by atoms with Gasteiger partial charge < -0.3 is 4.43 Å². The van der Waals surface area contributed by atoms with Gasteiger partial charge in [0.05, 0.1) is 6.10 Å². The van der Waals surface area contributed by atoms with E-state index in [-0.39, 0.29) is 0 Å². The van der Waals surface area contributed by atoms with Gasteiger partial charge in [-0.3, -0.25) is 0 Å². The highest BCUT2D eigenvalue weighted by Crippen LogP contribution is 2.68. The van der Waals surface area contributed by atoms with Crippen LogP contribution in [-0.4, -0.2) is 14.4 Å². The van der Waals surface area contributed by atoms with Gasteiger partial charge in [-0.05, 0) is 111 Å². The molecule has 0 aliphatic heterocycles. The van der Waals surface area contributed by atoms with E-state index in [4.69, 9.17) is 4.43 Å². The Bertz CT molecular complexity index is 658. The molecule has 0 saturated heterocycles. The molecule has 1 unspecified atom stereocenters. The molecule has 0 bridgehead atoms. The van der Waals surface area contributed by atoms with E-state index >= 15 is 0 Å². The van der Waals surface area contributed by atoms with E-state index in [1.807, 2.05) is 0 Å². The average Bonchev–Trinajstić information content (AvgIpc) is 2.97. The SMILES string of the molecule is C/C=C1\CC[C@H]2[C@@H]3CC[C@H]4CCCC(O[Si](C)(C)C(C)(C)C)[C@]4(C)[C@H]3CC[C@]12C. The van der Waals surface area contributed by atoms with Gasteiger partial charge >= 0.3 is 0 Å². The van der Waals surface area contributed by atoms with E-state index in [1.165, 1.54) is 57.8 Å². The maximum absolute atomic E-state index is 7.27. The fourth-order valence-corrected chi connectivity index (χ4v) is 9.76. The molecule has 0 spiro atoms. The van der Waals surface area contributed by atoms with Crippen molar-refractivity contribution in [3.8, 4) is 0 Å². The van der Waals surface area contributed by atoms with Gasteiger partial charge in [0.2, 0.25) is 0 Å². The normalized spacial score (nSPS) is 46.9. The molecule has 166 valence electrons. The highest BCUT2D eigenvalue weighted by atomic mass is 28.4. The van der Waals surface area contributed by atoms with Gasteiger partial charge in [-0.2, -0.15) is 0 Å². The Morgan fingerprint density at radius 3 is 2.34 bits per heavy atom. The van der Waals surface area contributed by atoms with Crippen LogP contribution in [0, 0.1) is 34.5 Å². The summed E-state index contributed by atoms with van der Waals surface area (Å²) in [6.45, 7) is 19.8. The van der Waals surface area contributed by atoms with E-state index in [9.17, 15) is 0 Å².